The lowest BCUT2D eigenvalue weighted by Crippen LogP contribution is -2.37. The number of hydrogen-bond donors (Lipinski definition) is 0. The molecule has 1 saturated heterocycles. The molecule has 0 radical (unpaired) electrons. The van der Waals surface area contributed by atoms with Crippen molar-refractivity contribution in [2.45, 2.75) is 25.9 Å². The number of hydrogen-bond acceptors (Lipinski definition) is 3. The van der Waals surface area contributed by atoms with Crippen LogP contribution in [0.2, 0.25) is 5.02 Å². The van der Waals surface area contributed by atoms with E-state index in [1.54, 1.807) is 6.07 Å². The standard InChI is InChI=1S/C15H20ClN3/c1-12-10-18(2)6-3-7-19(12)11-14-5-4-13(9-17)8-15(14)16/h4-5,8,12H,3,6-7,10-11H2,1-2H3. The molecule has 1 aliphatic rings. The fourth-order valence-electron chi connectivity index (χ4n) is 2.62. The van der Waals surface area contributed by atoms with Crippen molar-refractivity contribution in [1.29, 1.82) is 5.26 Å². The van der Waals surface area contributed by atoms with Crippen LogP contribution in [0.5, 0.6) is 0 Å². The summed E-state index contributed by atoms with van der Waals surface area (Å²) in [5, 5.41) is 9.56. The lowest BCUT2D eigenvalue weighted by Gasteiger charge is -2.28. The number of nitrogens with zero attached hydrogens (tertiary/aromatic N) is 3. The van der Waals surface area contributed by atoms with Crippen LogP contribution in [-0.2, 0) is 6.54 Å². The number of rotatable bonds is 2. The lowest BCUT2D eigenvalue weighted by atomic mass is 10.1. The summed E-state index contributed by atoms with van der Waals surface area (Å²) < 4.78 is 0. The van der Waals surface area contributed by atoms with E-state index < -0.39 is 0 Å². The number of likely N-dealkylation sites (N-methyl/N-ethyl adjacent to an activating group) is 1. The summed E-state index contributed by atoms with van der Waals surface area (Å²) in [5.74, 6) is 0. The molecule has 1 heterocycles. The lowest BCUT2D eigenvalue weighted by molar-refractivity contribution is 0.194. The molecule has 4 heteroatoms. The summed E-state index contributed by atoms with van der Waals surface area (Å²) in [6.45, 7) is 6.47. The molecule has 2 rings (SSSR count). The molecule has 19 heavy (non-hydrogen) atoms. The smallest absolute Gasteiger partial charge is 0.0992 e. The largest absolute Gasteiger partial charge is 0.305 e. The molecule has 1 aromatic rings. The Morgan fingerprint density at radius 2 is 2.21 bits per heavy atom. The SMILES string of the molecule is CC1CN(C)CCCN1Cc1ccc(C#N)cc1Cl. The summed E-state index contributed by atoms with van der Waals surface area (Å²) in [7, 11) is 2.18. The molecular formula is C15H20ClN3. The molecule has 0 saturated carbocycles. The minimum absolute atomic E-state index is 0.527. The van der Waals surface area contributed by atoms with Gasteiger partial charge >= 0.3 is 0 Å². The van der Waals surface area contributed by atoms with Crippen LogP contribution < -0.4 is 0 Å². The molecule has 0 bridgehead atoms. The van der Waals surface area contributed by atoms with E-state index in [0.29, 0.717) is 16.6 Å². The number of halogens is 1. The molecule has 0 amide bonds. The first-order chi connectivity index (χ1) is 9.10. The minimum Gasteiger partial charge on any atom is -0.305 e. The molecule has 102 valence electrons. The van der Waals surface area contributed by atoms with Crippen molar-refractivity contribution in [3.63, 3.8) is 0 Å². The highest BCUT2D eigenvalue weighted by Crippen LogP contribution is 2.21. The van der Waals surface area contributed by atoms with Crippen LogP contribution >= 0.6 is 11.6 Å². The Kier molecular flexibility index (Phi) is 4.81. The summed E-state index contributed by atoms with van der Waals surface area (Å²) in [5.41, 5.74) is 1.73. The summed E-state index contributed by atoms with van der Waals surface area (Å²) in [6, 6.07) is 8.22. The Morgan fingerprint density at radius 1 is 1.42 bits per heavy atom. The molecule has 0 N–H and O–H groups in total. The molecule has 0 aromatic heterocycles. The van der Waals surface area contributed by atoms with Crippen LogP contribution in [0.4, 0.5) is 0 Å². The summed E-state index contributed by atoms with van der Waals surface area (Å²) >= 11 is 6.26. The molecule has 1 aliphatic heterocycles. The first-order valence-corrected chi connectivity index (χ1v) is 7.09. The Bertz CT molecular complexity index is 481. The third-order valence-electron chi connectivity index (χ3n) is 3.74. The highest BCUT2D eigenvalue weighted by atomic mass is 35.5. The average Bonchev–Trinajstić information content (AvgIpc) is 2.53. The Balaban J connectivity index is 2.10. The van der Waals surface area contributed by atoms with Crippen LogP contribution in [0.25, 0.3) is 0 Å². The molecule has 1 fully saturated rings. The highest BCUT2D eigenvalue weighted by Gasteiger charge is 2.20. The minimum atomic E-state index is 0.527. The zero-order valence-electron chi connectivity index (χ0n) is 11.6. The second-order valence-electron chi connectivity index (χ2n) is 5.35. The van der Waals surface area contributed by atoms with Crippen molar-refractivity contribution in [2.75, 3.05) is 26.7 Å². The Hall–Kier alpha value is -1.08. The summed E-state index contributed by atoms with van der Waals surface area (Å²) in [4.78, 5) is 4.85. The van der Waals surface area contributed by atoms with E-state index >= 15 is 0 Å². The maximum absolute atomic E-state index is 8.86. The average molecular weight is 278 g/mol. The third kappa shape index (κ3) is 3.70. The highest BCUT2D eigenvalue weighted by molar-refractivity contribution is 6.31. The van der Waals surface area contributed by atoms with Gasteiger partial charge in [-0.25, -0.2) is 0 Å². The molecule has 3 nitrogen and oxygen atoms in total. The van der Waals surface area contributed by atoms with Crippen molar-refractivity contribution in [2.24, 2.45) is 0 Å². The normalized spacial score (nSPS) is 21.9. The van der Waals surface area contributed by atoms with E-state index in [4.69, 9.17) is 16.9 Å². The third-order valence-corrected chi connectivity index (χ3v) is 4.09. The van der Waals surface area contributed by atoms with Gasteiger partial charge in [0, 0.05) is 30.7 Å². The van der Waals surface area contributed by atoms with Gasteiger partial charge in [-0.05, 0) is 44.6 Å². The van der Waals surface area contributed by atoms with Gasteiger partial charge in [-0.15, -0.1) is 0 Å². The van der Waals surface area contributed by atoms with Gasteiger partial charge in [-0.1, -0.05) is 17.7 Å². The first-order valence-electron chi connectivity index (χ1n) is 6.71. The van der Waals surface area contributed by atoms with Gasteiger partial charge in [0.15, 0.2) is 0 Å². The molecule has 0 aliphatic carbocycles. The van der Waals surface area contributed by atoms with Crippen LogP contribution in [0.3, 0.4) is 0 Å². The van der Waals surface area contributed by atoms with E-state index in [0.717, 1.165) is 31.7 Å². The van der Waals surface area contributed by atoms with Crippen LogP contribution in [0.15, 0.2) is 18.2 Å². The zero-order chi connectivity index (χ0) is 13.8. The molecule has 1 atom stereocenters. The van der Waals surface area contributed by atoms with Crippen molar-refractivity contribution < 1.29 is 0 Å². The summed E-state index contributed by atoms with van der Waals surface area (Å²) in [6.07, 6.45) is 1.19. The maximum atomic E-state index is 8.86. The van der Waals surface area contributed by atoms with Gasteiger partial charge < -0.3 is 4.90 Å². The van der Waals surface area contributed by atoms with E-state index in [1.807, 2.05) is 12.1 Å². The fraction of sp³-hybridized carbons (Fsp3) is 0.533. The van der Waals surface area contributed by atoms with E-state index in [2.05, 4.69) is 29.8 Å². The fourth-order valence-corrected chi connectivity index (χ4v) is 2.86. The van der Waals surface area contributed by atoms with Crippen molar-refractivity contribution in [3.05, 3.63) is 34.3 Å². The van der Waals surface area contributed by atoms with Gasteiger partial charge in [-0.3, -0.25) is 4.90 Å². The van der Waals surface area contributed by atoms with Crippen LogP contribution in [-0.4, -0.2) is 42.5 Å². The van der Waals surface area contributed by atoms with Gasteiger partial charge in [0.2, 0.25) is 0 Å². The topological polar surface area (TPSA) is 30.3 Å². The number of benzene rings is 1. The van der Waals surface area contributed by atoms with Gasteiger partial charge in [0.1, 0.15) is 0 Å². The molecular weight excluding hydrogens is 258 g/mol. The van der Waals surface area contributed by atoms with Crippen LogP contribution in [0, 0.1) is 11.3 Å². The van der Waals surface area contributed by atoms with Gasteiger partial charge in [-0.2, -0.15) is 5.26 Å². The van der Waals surface area contributed by atoms with Gasteiger partial charge in [0.05, 0.1) is 11.6 Å². The van der Waals surface area contributed by atoms with Gasteiger partial charge in [0.25, 0.3) is 0 Å². The van der Waals surface area contributed by atoms with E-state index in [9.17, 15) is 0 Å². The van der Waals surface area contributed by atoms with Crippen molar-refractivity contribution >= 4 is 11.6 Å². The predicted octanol–water partition coefficient (Wildman–Crippen LogP) is 2.74. The Labute approximate surface area is 120 Å². The first kappa shape index (κ1) is 14.3. The molecule has 1 unspecified atom stereocenters. The zero-order valence-corrected chi connectivity index (χ0v) is 12.3. The van der Waals surface area contributed by atoms with E-state index in [1.165, 1.54) is 6.42 Å². The van der Waals surface area contributed by atoms with Crippen molar-refractivity contribution in [1.82, 2.24) is 9.80 Å². The predicted molar refractivity (Wildman–Crippen MR) is 78.2 cm³/mol. The van der Waals surface area contributed by atoms with E-state index in [-0.39, 0.29) is 0 Å². The Morgan fingerprint density at radius 3 is 2.89 bits per heavy atom. The second-order valence-corrected chi connectivity index (χ2v) is 5.76. The maximum Gasteiger partial charge on any atom is 0.0992 e. The molecule has 1 aromatic carbocycles. The van der Waals surface area contributed by atoms with Crippen LogP contribution in [0.1, 0.15) is 24.5 Å². The molecule has 0 spiro atoms. The van der Waals surface area contributed by atoms with Crippen molar-refractivity contribution in [3.8, 4) is 6.07 Å². The second kappa shape index (κ2) is 6.38. The quantitative estimate of drug-likeness (QED) is 0.833. The number of nitriles is 1. The monoisotopic (exact) mass is 277 g/mol.